The highest BCUT2D eigenvalue weighted by molar-refractivity contribution is 4.91. The van der Waals surface area contributed by atoms with Gasteiger partial charge in [-0.25, -0.2) is 0 Å². The van der Waals surface area contributed by atoms with Gasteiger partial charge in [0.2, 0.25) is 0 Å². The van der Waals surface area contributed by atoms with E-state index in [9.17, 15) is 5.11 Å². The average Bonchev–Trinajstić information content (AvgIpc) is 2.80. The van der Waals surface area contributed by atoms with Crippen LogP contribution < -0.4 is 5.32 Å². The number of nitrogens with one attached hydrogen (secondary N) is 1. The second-order valence-corrected chi connectivity index (χ2v) is 6.56. The molecule has 0 aromatic carbocycles. The number of aliphatic hydroxyl groups excluding tert-OH is 1. The summed E-state index contributed by atoms with van der Waals surface area (Å²) in [7, 11) is 0. The Hall–Kier alpha value is -0.120. The van der Waals surface area contributed by atoms with Crippen LogP contribution in [0.4, 0.5) is 0 Å². The zero-order valence-corrected chi connectivity index (χ0v) is 12.1. The van der Waals surface area contributed by atoms with E-state index >= 15 is 0 Å². The number of likely N-dealkylation sites (tertiary alicyclic amines) is 1. The first kappa shape index (κ1) is 14.3. The van der Waals surface area contributed by atoms with Crippen LogP contribution >= 0.6 is 0 Å². The van der Waals surface area contributed by atoms with E-state index in [2.05, 4.69) is 24.1 Å². The van der Waals surface area contributed by atoms with E-state index in [1.54, 1.807) is 0 Å². The van der Waals surface area contributed by atoms with Crippen LogP contribution in [0.5, 0.6) is 0 Å². The Morgan fingerprint density at radius 2 is 2.06 bits per heavy atom. The second kappa shape index (κ2) is 6.36. The number of hydrogen-bond donors (Lipinski definition) is 2. The fraction of sp³-hybridized carbons (Fsp3) is 1.00. The predicted molar refractivity (Wildman–Crippen MR) is 75.7 cm³/mol. The molecule has 106 valence electrons. The highest BCUT2D eigenvalue weighted by Crippen LogP contribution is 2.39. The number of nitrogens with zero attached hydrogens (tertiary/aromatic N) is 1. The van der Waals surface area contributed by atoms with Gasteiger partial charge in [-0.15, -0.1) is 0 Å². The van der Waals surface area contributed by atoms with E-state index in [0.29, 0.717) is 11.3 Å². The minimum Gasteiger partial charge on any atom is -0.393 e. The molecular weight excluding hydrogens is 224 g/mol. The summed E-state index contributed by atoms with van der Waals surface area (Å²) in [4.78, 5) is 2.60. The summed E-state index contributed by atoms with van der Waals surface area (Å²) < 4.78 is 0. The molecule has 1 aliphatic heterocycles. The Morgan fingerprint density at radius 1 is 1.33 bits per heavy atom. The Balaban J connectivity index is 1.88. The molecule has 2 aliphatic rings. The van der Waals surface area contributed by atoms with Crippen LogP contribution in [0, 0.1) is 11.3 Å². The molecule has 2 rings (SSSR count). The molecule has 18 heavy (non-hydrogen) atoms. The highest BCUT2D eigenvalue weighted by Gasteiger charge is 2.36. The van der Waals surface area contributed by atoms with Gasteiger partial charge in [0.15, 0.2) is 0 Å². The van der Waals surface area contributed by atoms with Crippen molar-refractivity contribution in [2.24, 2.45) is 11.3 Å². The van der Waals surface area contributed by atoms with Crippen LogP contribution in [0.25, 0.3) is 0 Å². The highest BCUT2D eigenvalue weighted by atomic mass is 16.3. The Bertz CT molecular complexity index is 251. The number of piperidine rings is 1. The summed E-state index contributed by atoms with van der Waals surface area (Å²) in [6.45, 7) is 10.0. The maximum atomic E-state index is 9.82. The van der Waals surface area contributed by atoms with E-state index in [4.69, 9.17) is 0 Å². The van der Waals surface area contributed by atoms with Gasteiger partial charge in [-0.1, -0.05) is 26.7 Å². The molecule has 3 heteroatoms. The van der Waals surface area contributed by atoms with E-state index in [1.165, 1.54) is 38.8 Å². The Morgan fingerprint density at radius 3 is 2.67 bits per heavy atom. The average molecular weight is 254 g/mol. The standard InChI is InChI=1S/C15H30N2O/c1-3-16-11-15(7-4-5-8-15)12-17-9-6-14(18)13(2)10-17/h13-14,16,18H,3-12H2,1-2H3. The molecule has 1 saturated heterocycles. The lowest BCUT2D eigenvalue weighted by Crippen LogP contribution is -2.48. The monoisotopic (exact) mass is 254 g/mol. The molecule has 1 aliphatic carbocycles. The SMILES string of the molecule is CCNCC1(CN2CCC(O)C(C)C2)CCCC1. The van der Waals surface area contributed by atoms with E-state index in [0.717, 1.165) is 26.1 Å². The van der Waals surface area contributed by atoms with Crippen LogP contribution in [0.15, 0.2) is 0 Å². The molecule has 0 aromatic rings. The van der Waals surface area contributed by atoms with Crippen LogP contribution in [0.1, 0.15) is 46.0 Å². The van der Waals surface area contributed by atoms with Crippen molar-refractivity contribution in [3.8, 4) is 0 Å². The van der Waals surface area contributed by atoms with Gasteiger partial charge in [-0.05, 0) is 37.1 Å². The smallest absolute Gasteiger partial charge is 0.0590 e. The van der Waals surface area contributed by atoms with Crippen LogP contribution in [0.2, 0.25) is 0 Å². The summed E-state index contributed by atoms with van der Waals surface area (Å²) in [5, 5.41) is 13.4. The van der Waals surface area contributed by atoms with Gasteiger partial charge in [0.1, 0.15) is 0 Å². The second-order valence-electron chi connectivity index (χ2n) is 6.56. The molecular formula is C15H30N2O. The molecule has 2 fully saturated rings. The van der Waals surface area contributed by atoms with Crippen molar-refractivity contribution >= 4 is 0 Å². The zero-order chi connectivity index (χ0) is 13.0. The van der Waals surface area contributed by atoms with Gasteiger partial charge in [-0.3, -0.25) is 0 Å². The first-order chi connectivity index (χ1) is 8.65. The van der Waals surface area contributed by atoms with Crippen molar-refractivity contribution in [3.63, 3.8) is 0 Å². The summed E-state index contributed by atoms with van der Waals surface area (Å²) in [5.41, 5.74) is 0.512. The quantitative estimate of drug-likeness (QED) is 0.786. The van der Waals surface area contributed by atoms with Crippen molar-refractivity contribution in [2.75, 3.05) is 32.7 Å². The fourth-order valence-electron chi connectivity index (χ4n) is 3.74. The van der Waals surface area contributed by atoms with Crippen LogP contribution in [-0.4, -0.2) is 48.8 Å². The van der Waals surface area contributed by atoms with Gasteiger partial charge in [-0.2, -0.15) is 0 Å². The molecule has 0 aromatic heterocycles. The van der Waals surface area contributed by atoms with Crippen molar-refractivity contribution in [1.29, 1.82) is 0 Å². The van der Waals surface area contributed by atoms with E-state index < -0.39 is 0 Å². The molecule has 2 unspecified atom stereocenters. The lowest BCUT2D eigenvalue weighted by Gasteiger charge is -2.40. The maximum Gasteiger partial charge on any atom is 0.0590 e. The Labute approximate surface area is 112 Å². The van der Waals surface area contributed by atoms with Crippen LogP contribution in [0.3, 0.4) is 0 Å². The summed E-state index contributed by atoms with van der Waals surface area (Å²) >= 11 is 0. The van der Waals surface area contributed by atoms with Gasteiger partial charge in [0, 0.05) is 26.2 Å². The molecule has 0 radical (unpaired) electrons. The lowest BCUT2D eigenvalue weighted by atomic mass is 9.84. The summed E-state index contributed by atoms with van der Waals surface area (Å²) in [6.07, 6.45) is 6.45. The molecule has 3 nitrogen and oxygen atoms in total. The van der Waals surface area contributed by atoms with Crippen LogP contribution in [-0.2, 0) is 0 Å². The minimum absolute atomic E-state index is 0.0745. The third kappa shape index (κ3) is 3.46. The molecule has 2 N–H and O–H groups in total. The zero-order valence-electron chi connectivity index (χ0n) is 12.1. The van der Waals surface area contributed by atoms with Gasteiger partial charge < -0.3 is 15.3 Å². The summed E-state index contributed by atoms with van der Waals surface area (Å²) in [5.74, 6) is 0.441. The van der Waals surface area contributed by atoms with Crippen molar-refractivity contribution in [1.82, 2.24) is 10.2 Å². The predicted octanol–water partition coefficient (Wildman–Crippen LogP) is 1.86. The minimum atomic E-state index is -0.0745. The largest absolute Gasteiger partial charge is 0.393 e. The third-order valence-electron chi connectivity index (χ3n) is 4.92. The van der Waals surface area contributed by atoms with Crippen molar-refractivity contribution in [3.05, 3.63) is 0 Å². The van der Waals surface area contributed by atoms with E-state index in [-0.39, 0.29) is 6.10 Å². The molecule has 0 amide bonds. The molecule has 0 bridgehead atoms. The van der Waals surface area contributed by atoms with Crippen molar-refractivity contribution in [2.45, 2.75) is 52.1 Å². The number of hydrogen-bond acceptors (Lipinski definition) is 3. The summed E-state index contributed by atoms with van der Waals surface area (Å²) in [6, 6.07) is 0. The topological polar surface area (TPSA) is 35.5 Å². The van der Waals surface area contributed by atoms with Gasteiger partial charge >= 0.3 is 0 Å². The van der Waals surface area contributed by atoms with Crippen molar-refractivity contribution < 1.29 is 5.11 Å². The molecule has 0 spiro atoms. The maximum absolute atomic E-state index is 9.82. The number of aliphatic hydroxyl groups is 1. The normalized spacial score (nSPS) is 32.8. The number of rotatable bonds is 5. The first-order valence-electron chi connectivity index (χ1n) is 7.76. The molecule has 1 saturated carbocycles. The lowest BCUT2D eigenvalue weighted by molar-refractivity contribution is 0.0169. The third-order valence-corrected chi connectivity index (χ3v) is 4.92. The first-order valence-corrected chi connectivity index (χ1v) is 7.76. The van der Waals surface area contributed by atoms with E-state index in [1.807, 2.05) is 0 Å². The van der Waals surface area contributed by atoms with Gasteiger partial charge in [0.25, 0.3) is 0 Å². The molecule has 2 atom stereocenters. The van der Waals surface area contributed by atoms with Gasteiger partial charge in [0.05, 0.1) is 6.10 Å². The Kier molecular flexibility index (Phi) is 5.05. The fourth-order valence-corrected chi connectivity index (χ4v) is 3.74. The molecule has 1 heterocycles.